The van der Waals surface area contributed by atoms with Crippen molar-refractivity contribution in [3.8, 4) is 0 Å². The summed E-state index contributed by atoms with van der Waals surface area (Å²) in [4.78, 5) is 6.59. The van der Waals surface area contributed by atoms with Gasteiger partial charge >= 0.3 is 6.18 Å². The van der Waals surface area contributed by atoms with E-state index in [-0.39, 0.29) is 11.0 Å². The second-order valence-corrected chi connectivity index (χ2v) is 5.28. The lowest BCUT2D eigenvalue weighted by atomic mass is 10.2. The normalized spacial score (nSPS) is 11.5. The van der Waals surface area contributed by atoms with Crippen molar-refractivity contribution >= 4 is 39.0 Å². The molecule has 1 aromatic heterocycles. The first-order chi connectivity index (χ1) is 9.25. The van der Waals surface area contributed by atoms with Crippen molar-refractivity contribution < 1.29 is 13.2 Å². The van der Waals surface area contributed by atoms with Crippen LogP contribution in [0.4, 0.5) is 24.7 Å². The summed E-state index contributed by atoms with van der Waals surface area (Å²) >= 11 is 8.88. The third-order valence-electron chi connectivity index (χ3n) is 2.41. The molecule has 0 spiro atoms. The highest BCUT2D eigenvalue weighted by molar-refractivity contribution is 9.10. The number of hydrogen-bond donors (Lipinski definition) is 1. The minimum absolute atomic E-state index is 0.0153. The lowest BCUT2D eigenvalue weighted by Gasteiger charge is -2.11. The quantitative estimate of drug-likeness (QED) is 0.763. The lowest BCUT2D eigenvalue weighted by molar-refractivity contribution is -0.144. The van der Waals surface area contributed by atoms with Gasteiger partial charge in [-0.1, -0.05) is 33.6 Å². The van der Waals surface area contributed by atoms with Crippen LogP contribution in [0.15, 0.2) is 28.7 Å². The Morgan fingerprint density at radius 3 is 2.55 bits per heavy atom. The Bertz CT molecular complexity index is 646. The number of aryl methyl sites for hydroxylation is 1. The number of anilines is 2. The minimum Gasteiger partial charge on any atom is -0.340 e. The second kappa shape index (κ2) is 5.57. The summed E-state index contributed by atoms with van der Waals surface area (Å²) < 4.78 is 38.6. The number of aromatic nitrogens is 2. The molecule has 2 rings (SSSR count). The standard InChI is InChI=1S/C12H8BrClF3N3/c1-6-2-3-7(13)4-8(6)18-10-5-9(14)19-11(20-10)12(15,16)17/h2-5H,1H3,(H,18,19,20). The number of nitrogens with zero attached hydrogens (tertiary/aromatic N) is 2. The lowest BCUT2D eigenvalue weighted by Crippen LogP contribution is -2.12. The van der Waals surface area contributed by atoms with Crippen molar-refractivity contribution in [2.24, 2.45) is 0 Å². The fourth-order valence-electron chi connectivity index (χ4n) is 1.48. The van der Waals surface area contributed by atoms with Crippen LogP contribution in [0.25, 0.3) is 0 Å². The number of alkyl halides is 3. The Morgan fingerprint density at radius 2 is 1.90 bits per heavy atom. The van der Waals surface area contributed by atoms with E-state index in [0.29, 0.717) is 5.69 Å². The van der Waals surface area contributed by atoms with Gasteiger partial charge in [0.25, 0.3) is 0 Å². The molecule has 2 aromatic rings. The number of benzene rings is 1. The maximum absolute atomic E-state index is 12.6. The summed E-state index contributed by atoms with van der Waals surface area (Å²) in [5, 5.41) is 2.53. The van der Waals surface area contributed by atoms with E-state index in [2.05, 4.69) is 31.2 Å². The molecule has 0 saturated heterocycles. The van der Waals surface area contributed by atoms with Gasteiger partial charge < -0.3 is 5.32 Å². The number of nitrogens with one attached hydrogen (secondary N) is 1. The Balaban J connectivity index is 2.39. The van der Waals surface area contributed by atoms with E-state index in [1.807, 2.05) is 19.1 Å². The van der Waals surface area contributed by atoms with Gasteiger partial charge in [-0.05, 0) is 24.6 Å². The van der Waals surface area contributed by atoms with E-state index in [4.69, 9.17) is 11.6 Å². The van der Waals surface area contributed by atoms with Crippen LogP contribution in [-0.2, 0) is 6.18 Å². The largest absolute Gasteiger partial charge is 0.451 e. The van der Waals surface area contributed by atoms with Crippen LogP contribution in [-0.4, -0.2) is 9.97 Å². The summed E-state index contributed by atoms with van der Waals surface area (Å²) in [7, 11) is 0. The first-order valence-electron chi connectivity index (χ1n) is 5.40. The Hall–Kier alpha value is -1.34. The molecule has 1 aromatic carbocycles. The molecule has 0 unspecified atom stereocenters. The zero-order valence-electron chi connectivity index (χ0n) is 10.1. The molecule has 0 aliphatic heterocycles. The van der Waals surface area contributed by atoms with Crippen molar-refractivity contribution in [1.29, 1.82) is 0 Å². The Kier molecular flexibility index (Phi) is 4.19. The van der Waals surface area contributed by atoms with E-state index in [1.165, 1.54) is 6.07 Å². The zero-order valence-corrected chi connectivity index (χ0v) is 12.4. The molecule has 1 N–H and O–H groups in total. The summed E-state index contributed by atoms with van der Waals surface area (Å²) in [6, 6.07) is 6.62. The van der Waals surface area contributed by atoms with Crippen molar-refractivity contribution in [3.05, 3.63) is 45.3 Å². The van der Waals surface area contributed by atoms with Gasteiger partial charge in [0.1, 0.15) is 11.0 Å². The first kappa shape index (κ1) is 15.1. The third kappa shape index (κ3) is 3.61. The van der Waals surface area contributed by atoms with Crippen LogP contribution in [0, 0.1) is 6.92 Å². The van der Waals surface area contributed by atoms with Gasteiger partial charge in [0, 0.05) is 16.2 Å². The summed E-state index contributed by atoms with van der Waals surface area (Å²) in [5.74, 6) is -1.29. The molecule has 106 valence electrons. The molecule has 0 atom stereocenters. The summed E-state index contributed by atoms with van der Waals surface area (Å²) in [5.41, 5.74) is 1.48. The van der Waals surface area contributed by atoms with Gasteiger partial charge in [-0.25, -0.2) is 9.97 Å². The van der Waals surface area contributed by atoms with Crippen molar-refractivity contribution in [1.82, 2.24) is 9.97 Å². The monoisotopic (exact) mass is 365 g/mol. The maximum Gasteiger partial charge on any atom is 0.451 e. The molecule has 20 heavy (non-hydrogen) atoms. The summed E-state index contributed by atoms with van der Waals surface area (Å²) in [6.45, 7) is 1.82. The van der Waals surface area contributed by atoms with E-state index < -0.39 is 12.0 Å². The molecule has 0 aliphatic rings. The van der Waals surface area contributed by atoms with E-state index >= 15 is 0 Å². The molecule has 0 fully saturated rings. The van der Waals surface area contributed by atoms with Crippen LogP contribution in [0.1, 0.15) is 11.4 Å². The van der Waals surface area contributed by atoms with E-state index in [9.17, 15) is 13.2 Å². The molecule has 0 aliphatic carbocycles. The van der Waals surface area contributed by atoms with Gasteiger partial charge in [0.05, 0.1) is 0 Å². The molecule has 0 saturated carbocycles. The molecular weight excluding hydrogens is 359 g/mol. The Morgan fingerprint density at radius 1 is 1.20 bits per heavy atom. The topological polar surface area (TPSA) is 37.8 Å². The fraction of sp³-hybridized carbons (Fsp3) is 0.167. The van der Waals surface area contributed by atoms with E-state index in [0.717, 1.165) is 10.0 Å². The van der Waals surface area contributed by atoms with Gasteiger partial charge in [0.2, 0.25) is 5.82 Å². The maximum atomic E-state index is 12.6. The number of rotatable bonds is 2. The van der Waals surface area contributed by atoms with Crippen molar-refractivity contribution in [2.75, 3.05) is 5.32 Å². The smallest absolute Gasteiger partial charge is 0.340 e. The van der Waals surface area contributed by atoms with Crippen LogP contribution in [0.3, 0.4) is 0 Å². The molecule has 0 radical (unpaired) electrons. The van der Waals surface area contributed by atoms with Crippen molar-refractivity contribution in [3.63, 3.8) is 0 Å². The van der Waals surface area contributed by atoms with Crippen LogP contribution in [0.5, 0.6) is 0 Å². The summed E-state index contributed by atoms with van der Waals surface area (Å²) in [6.07, 6.45) is -4.65. The fourth-order valence-corrected chi connectivity index (χ4v) is 2.02. The van der Waals surface area contributed by atoms with Gasteiger partial charge in [0.15, 0.2) is 0 Å². The Labute approximate surface area is 126 Å². The molecule has 0 bridgehead atoms. The predicted molar refractivity (Wildman–Crippen MR) is 74.2 cm³/mol. The number of halogens is 5. The molecular formula is C12H8BrClF3N3. The molecule has 3 nitrogen and oxygen atoms in total. The van der Waals surface area contributed by atoms with Gasteiger partial charge in [-0.15, -0.1) is 0 Å². The average molecular weight is 367 g/mol. The van der Waals surface area contributed by atoms with Crippen LogP contribution in [0.2, 0.25) is 5.15 Å². The van der Waals surface area contributed by atoms with Crippen molar-refractivity contribution in [2.45, 2.75) is 13.1 Å². The molecule has 1 heterocycles. The SMILES string of the molecule is Cc1ccc(Br)cc1Nc1cc(Cl)nc(C(F)(F)F)n1. The highest BCUT2D eigenvalue weighted by Gasteiger charge is 2.35. The third-order valence-corrected chi connectivity index (χ3v) is 3.10. The zero-order chi connectivity index (χ0) is 14.9. The highest BCUT2D eigenvalue weighted by Crippen LogP contribution is 2.30. The molecule has 8 heteroatoms. The van der Waals surface area contributed by atoms with Gasteiger partial charge in [-0.2, -0.15) is 13.2 Å². The van der Waals surface area contributed by atoms with E-state index in [1.54, 1.807) is 6.07 Å². The number of hydrogen-bond acceptors (Lipinski definition) is 3. The highest BCUT2D eigenvalue weighted by atomic mass is 79.9. The average Bonchev–Trinajstić information content (AvgIpc) is 2.32. The first-order valence-corrected chi connectivity index (χ1v) is 6.58. The van der Waals surface area contributed by atoms with Crippen LogP contribution >= 0.6 is 27.5 Å². The second-order valence-electron chi connectivity index (χ2n) is 3.98. The minimum atomic E-state index is -4.65. The van der Waals surface area contributed by atoms with Crippen LogP contribution < -0.4 is 5.32 Å². The van der Waals surface area contributed by atoms with Gasteiger partial charge in [-0.3, -0.25) is 0 Å². The molecule has 0 amide bonds. The predicted octanol–water partition coefficient (Wildman–Crippen LogP) is 4.96.